The number of ether oxygens (including phenoxy) is 1. The van der Waals surface area contributed by atoms with Gasteiger partial charge < -0.3 is 10.1 Å². The van der Waals surface area contributed by atoms with Crippen LogP contribution in [0.4, 0.5) is 15.8 Å². The molecule has 3 aromatic rings. The first-order valence-electron chi connectivity index (χ1n) is 9.45. The van der Waals surface area contributed by atoms with Gasteiger partial charge in [0.2, 0.25) is 0 Å². The fourth-order valence-corrected chi connectivity index (χ4v) is 3.62. The molecule has 1 aliphatic rings. The number of aryl methyl sites for hydroxylation is 1. The first-order chi connectivity index (χ1) is 14.9. The number of imide groups is 1. The Hall–Kier alpha value is -3.64. The van der Waals surface area contributed by atoms with E-state index in [9.17, 15) is 14.0 Å². The molecule has 0 fully saturated rings. The van der Waals surface area contributed by atoms with Crippen LogP contribution in [0.2, 0.25) is 5.02 Å². The molecule has 0 unspecified atom stereocenters. The van der Waals surface area contributed by atoms with Crippen LogP contribution in [-0.2, 0) is 9.59 Å². The van der Waals surface area contributed by atoms with E-state index in [0.29, 0.717) is 22.0 Å². The maximum absolute atomic E-state index is 13.5. The Morgan fingerprint density at radius 3 is 2.39 bits per heavy atom. The maximum atomic E-state index is 13.5. The Bertz CT molecular complexity index is 1220. The third-order valence-electron chi connectivity index (χ3n) is 4.89. The zero-order valence-electron chi connectivity index (χ0n) is 16.8. The molecule has 5 nitrogen and oxygen atoms in total. The van der Waals surface area contributed by atoms with Gasteiger partial charge in [-0.05, 0) is 60.5 Å². The van der Waals surface area contributed by atoms with E-state index in [2.05, 4.69) is 5.32 Å². The molecule has 0 saturated heterocycles. The number of benzene rings is 3. The zero-order valence-corrected chi connectivity index (χ0v) is 17.5. The second-order valence-corrected chi connectivity index (χ2v) is 7.45. The number of hydrogen-bond donors (Lipinski definition) is 1. The number of nitrogens with zero attached hydrogens (tertiary/aromatic N) is 1. The van der Waals surface area contributed by atoms with Crippen LogP contribution in [0.1, 0.15) is 11.1 Å². The van der Waals surface area contributed by atoms with Crippen molar-refractivity contribution >= 4 is 40.4 Å². The van der Waals surface area contributed by atoms with E-state index in [1.165, 1.54) is 37.4 Å². The molecular weight excluding hydrogens is 419 g/mol. The normalized spacial score (nSPS) is 13.7. The van der Waals surface area contributed by atoms with Gasteiger partial charge in [-0.15, -0.1) is 0 Å². The lowest BCUT2D eigenvalue weighted by Crippen LogP contribution is -2.32. The highest BCUT2D eigenvalue weighted by Crippen LogP contribution is 2.39. The quantitative estimate of drug-likeness (QED) is 0.559. The summed E-state index contributed by atoms with van der Waals surface area (Å²) in [5.74, 6) is -1.25. The zero-order chi connectivity index (χ0) is 22.1. The summed E-state index contributed by atoms with van der Waals surface area (Å²) in [5.41, 5.74) is 2.50. The van der Waals surface area contributed by atoms with Crippen molar-refractivity contribution in [2.45, 2.75) is 6.92 Å². The Balaban J connectivity index is 1.86. The van der Waals surface area contributed by atoms with Gasteiger partial charge in [0.15, 0.2) is 0 Å². The summed E-state index contributed by atoms with van der Waals surface area (Å²) in [4.78, 5) is 27.9. The van der Waals surface area contributed by atoms with Crippen molar-refractivity contribution < 1.29 is 18.7 Å². The van der Waals surface area contributed by atoms with Crippen LogP contribution in [0, 0.1) is 12.7 Å². The third-order valence-corrected chi connectivity index (χ3v) is 5.12. The van der Waals surface area contributed by atoms with Crippen LogP contribution in [0.5, 0.6) is 5.75 Å². The van der Waals surface area contributed by atoms with Gasteiger partial charge in [0.25, 0.3) is 11.8 Å². The average Bonchev–Trinajstić information content (AvgIpc) is 2.98. The Kier molecular flexibility index (Phi) is 5.48. The predicted molar refractivity (Wildman–Crippen MR) is 119 cm³/mol. The molecule has 0 spiro atoms. The van der Waals surface area contributed by atoms with Crippen molar-refractivity contribution in [3.05, 3.63) is 94.4 Å². The smallest absolute Gasteiger partial charge is 0.282 e. The molecule has 0 saturated carbocycles. The molecule has 0 radical (unpaired) electrons. The van der Waals surface area contributed by atoms with E-state index >= 15 is 0 Å². The molecule has 0 aliphatic carbocycles. The van der Waals surface area contributed by atoms with Crippen LogP contribution in [0.15, 0.2) is 72.4 Å². The second kappa shape index (κ2) is 8.24. The van der Waals surface area contributed by atoms with E-state index < -0.39 is 17.6 Å². The Morgan fingerprint density at radius 1 is 0.968 bits per heavy atom. The summed E-state index contributed by atoms with van der Waals surface area (Å²) in [7, 11) is 1.44. The highest BCUT2D eigenvalue weighted by molar-refractivity contribution is 6.46. The van der Waals surface area contributed by atoms with Crippen molar-refractivity contribution in [3.8, 4) is 5.75 Å². The standard InChI is InChI=1S/C24H18ClFN2O3/c1-14-4-3-5-18(12-14)27-22-21(15-6-9-17(26)10-7-15)23(29)28(24(22)30)19-13-16(25)8-11-20(19)31-2/h3-13,27H,1-2H3. The molecule has 0 atom stereocenters. The minimum absolute atomic E-state index is 0.0873. The van der Waals surface area contributed by atoms with Crippen molar-refractivity contribution in [2.24, 2.45) is 0 Å². The van der Waals surface area contributed by atoms with Crippen molar-refractivity contribution in [3.63, 3.8) is 0 Å². The summed E-state index contributed by atoms with van der Waals surface area (Å²) < 4.78 is 18.8. The first-order valence-corrected chi connectivity index (χ1v) is 9.83. The van der Waals surface area contributed by atoms with Gasteiger partial charge in [-0.1, -0.05) is 35.9 Å². The van der Waals surface area contributed by atoms with Crippen LogP contribution < -0.4 is 15.0 Å². The van der Waals surface area contributed by atoms with Gasteiger partial charge in [-0.2, -0.15) is 0 Å². The summed E-state index contributed by atoms with van der Waals surface area (Å²) in [6.07, 6.45) is 0. The van der Waals surface area contributed by atoms with Crippen LogP contribution in [-0.4, -0.2) is 18.9 Å². The molecule has 3 aromatic carbocycles. The largest absolute Gasteiger partial charge is 0.495 e. The van der Waals surface area contributed by atoms with E-state index in [-0.39, 0.29) is 17.0 Å². The maximum Gasteiger partial charge on any atom is 0.282 e. The van der Waals surface area contributed by atoms with Gasteiger partial charge in [0, 0.05) is 10.7 Å². The van der Waals surface area contributed by atoms with Crippen molar-refractivity contribution in [2.75, 3.05) is 17.3 Å². The Morgan fingerprint density at radius 2 is 1.71 bits per heavy atom. The fraction of sp³-hybridized carbons (Fsp3) is 0.0833. The summed E-state index contributed by atoms with van der Waals surface area (Å²) in [6.45, 7) is 1.92. The molecule has 1 aliphatic heterocycles. The minimum atomic E-state index is -0.564. The number of nitrogens with one attached hydrogen (secondary N) is 1. The molecular formula is C24H18ClFN2O3. The van der Waals surface area contributed by atoms with E-state index in [1.807, 2.05) is 25.1 Å². The first kappa shape index (κ1) is 20.6. The third kappa shape index (κ3) is 3.90. The van der Waals surface area contributed by atoms with Crippen LogP contribution in [0.25, 0.3) is 5.57 Å². The lowest BCUT2D eigenvalue weighted by Gasteiger charge is -2.18. The highest BCUT2D eigenvalue weighted by Gasteiger charge is 2.41. The van der Waals surface area contributed by atoms with Gasteiger partial charge in [-0.3, -0.25) is 9.59 Å². The summed E-state index contributed by atoms with van der Waals surface area (Å²) >= 11 is 6.13. The topological polar surface area (TPSA) is 58.6 Å². The number of carbonyl (C=O) groups is 2. The predicted octanol–water partition coefficient (Wildman–Crippen LogP) is 5.19. The number of methoxy groups -OCH3 is 1. The number of halogens is 2. The molecule has 2 amide bonds. The van der Waals surface area contributed by atoms with Crippen molar-refractivity contribution in [1.29, 1.82) is 0 Å². The van der Waals surface area contributed by atoms with E-state index in [0.717, 1.165) is 10.5 Å². The van der Waals surface area contributed by atoms with Crippen LogP contribution >= 0.6 is 11.6 Å². The monoisotopic (exact) mass is 436 g/mol. The Labute approximate surface area is 183 Å². The lowest BCUT2D eigenvalue weighted by molar-refractivity contribution is -0.120. The van der Waals surface area contributed by atoms with E-state index in [1.54, 1.807) is 18.2 Å². The molecule has 31 heavy (non-hydrogen) atoms. The molecule has 156 valence electrons. The molecule has 1 heterocycles. The fourth-order valence-electron chi connectivity index (χ4n) is 3.45. The summed E-state index contributed by atoms with van der Waals surface area (Å²) in [6, 6.07) is 17.5. The van der Waals surface area contributed by atoms with Crippen LogP contribution in [0.3, 0.4) is 0 Å². The molecule has 4 rings (SSSR count). The van der Waals surface area contributed by atoms with Gasteiger partial charge >= 0.3 is 0 Å². The minimum Gasteiger partial charge on any atom is -0.495 e. The molecule has 0 bridgehead atoms. The molecule has 0 aromatic heterocycles. The molecule has 7 heteroatoms. The van der Waals surface area contributed by atoms with Gasteiger partial charge in [0.1, 0.15) is 17.3 Å². The van der Waals surface area contributed by atoms with E-state index in [4.69, 9.17) is 16.3 Å². The average molecular weight is 437 g/mol. The van der Waals surface area contributed by atoms with Gasteiger partial charge in [-0.25, -0.2) is 9.29 Å². The highest BCUT2D eigenvalue weighted by atomic mass is 35.5. The summed E-state index contributed by atoms with van der Waals surface area (Å²) in [5, 5.41) is 3.42. The lowest BCUT2D eigenvalue weighted by atomic mass is 10.0. The number of amides is 2. The second-order valence-electron chi connectivity index (χ2n) is 7.01. The SMILES string of the molecule is COc1ccc(Cl)cc1N1C(=O)C(Nc2cccc(C)c2)=C(c2ccc(F)cc2)C1=O. The van der Waals surface area contributed by atoms with Crippen molar-refractivity contribution in [1.82, 2.24) is 0 Å². The molecule has 1 N–H and O–H groups in total. The number of hydrogen-bond acceptors (Lipinski definition) is 4. The number of carbonyl (C=O) groups excluding carboxylic acids is 2. The number of rotatable bonds is 5. The van der Waals surface area contributed by atoms with Gasteiger partial charge in [0.05, 0.1) is 18.4 Å². The number of anilines is 2.